The molecule has 1 saturated heterocycles. The summed E-state index contributed by atoms with van der Waals surface area (Å²) >= 11 is 0. The predicted octanol–water partition coefficient (Wildman–Crippen LogP) is 3.10. The maximum Gasteiger partial charge on any atom is 0.573 e. The molecule has 1 aromatic rings. The Kier molecular flexibility index (Phi) is 6.10. The lowest BCUT2D eigenvalue weighted by molar-refractivity contribution is -0.274. The maximum absolute atomic E-state index is 12.4. The number of carbonyl (C=O) groups excluding carboxylic acids is 1. The molecular formula is C17H23F3N2O2. The van der Waals surface area contributed by atoms with Gasteiger partial charge in [0.15, 0.2) is 0 Å². The van der Waals surface area contributed by atoms with Gasteiger partial charge in [-0.3, -0.25) is 4.79 Å². The summed E-state index contributed by atoms with van der Waals surface area (Å²) in [6.45, 7) is 3.24. The molecule has 1 fully saturated rings. The van der Waals surface area contributed by atoms with Crippen LogP contribution < -0.4 is 10.5 Å². The molecule has 1 heterocycles. The van der Waals surface area contributed by atoms with Crippen molar-refractivity contribution in [3.05, 3.63) is 29.8 Å². The highest BCUT2D eigenvalue weighted by atomic mass is 19.4. The van der Waals surface area contributed by atoms with E-state index >= 15 is 0 Å². The SMILES string of the molecule is C[C@H](N)[C@H]1CCCN(C(=O)CCc2ccccc2OC(F)(F)F)C1. The molecule has 134 valence electrons. The Bertz CT molecular complexity index is 561. The third-order valence-electron chi connectivity index (χ3n) is 4.36. The number of halogens is 3. The average molecular weight is 344 g/mol. The number of rotatable bonds is 5. The number of carbonyl (C=O) groups is 1. The zero-order valence-electron chi connectivity index (χ0n) is 13.7. The van der Waals surface area contributed by atoms with Gasteiger partial charge in [0.1, 0.15) is 5.75 Å². The van der Waals surface area contributed by atoms with Crippen LogP contribution in [0.3, 0.4) is 0 Å². The second kappa shape index (κ2) is 7.88. The summed E-state index contributed by atoms with van der Waals surface area (Å²) in [6.07, 6.45) is -2.46. The highest BCUT2D eigenvalue weighted by Crippen LogP contribution is 2.27. The average Bonchev–Trinajstić information content (AvgIpc) is 2.52. The minimum atomic E-state index is -4.74. The molecule has 1 aliphatic rings. The second-order valence-corrected chi connectivity index (χ2v) is 6.26. The van der Waals surface area contributed by atoms with Gasteiger partial charge in [-0.15, -0.1) is 13.2 Å². The standard InChI is InChI=1S/C17H23F3N2O2/c1-12(21)14-6-4-10-22(11-14)16(23)9-8-13-5-2-3-7-15(13)24-17(18,19)20/h2-3,5,7,12,14H,4,6,8-11,21H2,1H3/t12-,14-/m0/s1. The second-order valence-electron chi connectivity index (χ2n) is 6.26. The Morgan fingerprint density at radius 3 is 2.79 bits per heavy atom. The van der Waals surface area contributed by atoms with Crippen molar-refractivity contribution < 1.29 is 22.7 Å². The highest BCUT2D eigenvalue weighted by molar-refractivity contribution is 5.76. The summed E-state index contributed by atoms with van der Waals surface area (Å²) < 4.78 is 41.3. The largest absolute Gasteiger partial charge is 0.573 e. The molecule has 0 spiro atoms. The van der Waals surface area contributed by atoms with E-state index in [0.717, 1.165) is 12.8 Å². The molecule has 1 aromatic carbocycles. The summed E-state index contributed by atoms with van der Waals surface area (Å²) in [5, 5.41) is 0. The number of alkyl halides is 3. The number of nitrogens with two attached hydrogens (primary N) is 1. The van der Waals surface area contributed by atoms with Gasteiger partial charge in [0.25, 0.3) is 0 Å². The van der Waals surface area contributed by atoms with E-state index in [2.05, 4.69) is 4.74 Å². The van der Waals surface area contributed by atoms with Crippen molar-refractivity contribution in [1.82, 2.24) is 4.90 Å². The van der Waals surface area contributed by atoms with E-state index in [1.54, 1.807) is 17.0 Å². The third-order valence-corrected chi connectivity index (χ3v) is 4.36. The van der Waals surface area contributed by atoms with Crippen LogP contribution in [-0.2, 0) is 11.2 Å². The number of benzene rings is 1. The van der Waals surface area contributed by atoms with E-state index in [1.165, 1.54) is 12.1 Å². The molecule has 2 atom stereocenters. The van der Waals surface area contributed by atoms with Gasteiger partial charge in [0.2, 0.25) is 5.91 Å². The lowest BCUT2D eigenvalue weighted by Crippen LogP contribution is -2.45. The van der Waals surface area contributed by atoms with Crippen LogP contribution in [0, 0.1) is 5.92 Å². The number of hydrogen-bond acceptors (Lipinski definition) is 3. The summed E-state index contributed by atoms with van der Waals surface area (Å²) in [5.41, 5.74) is 6.29. The van der Waals surface area contributed by atoms with E-state index < -0.39 is 6.36 Å². The Hall–Kier alpha value is -1.76. The fourth-order valence-electron chi connectivity index (χ4n) is 3.00. The van der Waals surface area contributed by atoms with Crippen LogP contribution >= 0.6 is 0 Å². The van der Waals surface area contributed by atoms with E-state index in [4.69, 9.17) is 5.73 Å². The molecule has 7 heteroatoms. The van der Waals surface area contributed by atoms with Crippen LogP contribution in [0.25, 0.3) is 0 Å². The molecule has 1 amide bonds. The zero-order chi connectivity index (χ0) is 17.7. The van der Waals surface area contributed by atoms with Crippen LogP contribution in [0.15, 0.2) is 24.3 Å². The number of amides is 1. The first kappa shape index (κ1) is 18.6. The first-order valence-electron chi connectivity index (χ1n) is 8.13. The Labute approximate surface area is 139 Å². The van der Waals surface area contributed by atoms with Gasteiger partial charge in [0.05, 0.1) is 0 Å². The third kappa shape index (κ3) is 5.40. The van der Waals surface area contributed by atoms with Gasteiger partial charge in [-0.2, -0.15) is 0 Å². The van der Waals surface area contributed by atoms with Gasteiger partial charge in [-0.25, -0.2) is 0 Å². The summed E-state index contributed by atoms with van der Waals surface area (Å²) in [4.78, 5) is 14.1. The van der Waals surface area contributed by atoms with Crippen molar-refractivity contribution in [3.63, 3.8) is 0 Å². The summed E-state index contributed by atoms with van der Waals surface area (Å²) in [7, 11) is 0. The minimum absolute atomic E-state index is 0.0292. The topological polar surface area (TPSA) is 55.6 Å². The minimum Gasteiger partial charge on any atom is -0.406 e. The molecular weight excluding hydrogens is 321 g/mol. The van der Waals surface area contributed by atoms with Crippen LogP contribution in [-0.4, -0.2) is 36.3 Å². The van der Waals surface area contributed by atoms with Crippen LogP contribution in [0.1, 0.15) is 31.7 Å². The lowest BCUT2D eigenvalue weighted by atomic mass is 9.92. The Morgan fingerprint density at radius 2 is 2.12 bits per heavy atom. The smallest absolute Gasteiger partial charge is 0.406 e. The first-order chi connectivity index (χ1) is 11.3. The van der Waals surface area contributed by atoms with Gasteiger partial charge >= 0.3 is 6.36 Å². The molecule has 0 radical (unpaired) electrons. The van der Waals surface area contributed by atoms with Crippen LogP contribution in [0.5, 0.6) is 5.75 Å². The predicted molar refractivity (Wildman–Crippen MR) is 84.4 cm³/mol. The molecule has 2 N–H and O–H groups in total. The van der Waals surface area contributed by atoms with Crippen LogP contribution in [0.2, 0.25) is 0 Å². The summed E-state index contributed by atoms with van der Waals surface area (Å²) in [6, 6.07) is 5.96. The quantitative estimate of drug-likeness (QED) is 0.893. The highest BCUT2D eigenvalue weighted by Gasteiger charge is 2.32. The molecule has 0 bridgehead atoms. The van der Waals surface area contributed by atoms with E-state index in [0.29, 0.717) is 18.7 Å². The van der Waals surface area contributed by atoms with Crippen LogP contribution in [0.4, 0.5) is 13.2 Å². The van der Waals surface area contributed by atoms with Crippen molar-refractivity contribution in [3.8, 4) is 5.75 Å². The number of piperidine rings is 1. The molecule has 0 aliphatic carbocycles. The van der Waals surface area contributed by atoms with Gasteiger partial charge in [-0.05, 0) is 43.7 Å². The summed E-state index contributed by atoms with van der Waals surface area (Å²) in [5.74, 6) is -0.0180. The van der Waals surface area contributed by atoms with E-state index in [-0.39, 0.29) is 36.5 Å². The molecule has 24 heavy (non-hydrogen) atoms. The monoisotopic (exact) mass is 344 g/mol. The molecule has 4 nitrogen and oxygen atoms in total. The number of ether oxygens (including phenoxy) is 1. The fraction of sp³-hybridized carbons (Fsp3) is 0.588. The van der Waals surface area contributed by atoms with Gasteiger partial charge < -0.3 is 15.4 Å². The number of aryl methyl sites for hydroxylation is 1. The fourth-order valence-corrected chi connectivity index (χ4v) is 3.00. The van der Waals surface area contributed by atoms with Crippen molar-refractivity contribution in [1.29, 1.82) is 0 Å². The normalized spacial score (nSPS) is 19.9. The first-order valence-corrected chi connectivity index (χ1v) is 8.13. The maximum atomic E-state index is 12.4. The molecule has 2 rings (SSSR count). The molecule has 0 saturated carbocycles. The Balaban J connectivity index is 1.94. The van der Waals surface area contributed by atoms with Gasteiger partial charge in [0, 0.05) is 25.6 Å². The molecule has 0 aromatic heterocycles. The Morgan fingerprint density at radius 1 is 1.42 bits per heavy atom. The zero-order valence-corrected chi connectivity index (χ0v) is 13.7. The van der Waals surface area contributed by atoms with Crippen molar-refractivity contribution in [2.75, 3.05) is 13.1 Å². The van der Waals surface area contributed by atoms with Crippen molar-refractivity contribution >= 4 is 5.91 Å². The molecule has 1 aliphatic heterocycles. The van der Waals surface area contributed by atoms with Gasteiger partial charge in [-0.1, -0.05) is 18.2 Å². The number of hydrogen-bond donors (Lipinski definition) is 1. The van der Waals surface area contributed by atoms with Crippen molar-refractivity contribution in [2.24, 2.45) is 11.7 Å². The number of likely N-dealkylation sites (tertiary alicyclic amines) is 1. The molecule has 0 unspecified atom stereocenters. The number of para-hydroxylation sites is 1. The lowest BCUT2D eigenvalue weighted by Gasteiger charge is -2.34. The van der Waals surface area contributed by atoms with E-state index in [1.807, 2.05) is 6.92 Å². The van der Waals surface area contributed by atoms with Crippen molar-refractivity contribution in [2.45, 2.75) is 45.0 Å². The van der Waals surface area contributed by atoms with E-state index in [9.17, 15) is 18.0 Å². The number of nitrogens with zero attached hydrogens (tertiary/aromatic N) is 1.